The summed E-state index contributed by atoms with van der Waals surface area (Å²) < 4.78 is 0.972. The fraction of sp³-hybridized carbons (Fsp3) is 0.125. The molecule has 1 aliphatic heterocycles. The van der Waals surface area contributed by atoms with Gasteiger partial charge in [0.2, 0.25) is 0 Å². The zero-order valence-electron chi connectivity index (χ0n) is 17.7. The Kier molecular flexibility index (Phi) is 4.14. The number of thiocarbonyl (C=S) groups is 1. The molecule has 0 saturated carbocycles. The maximum absolute atomic E-state index is 7.08. The summed E-state index contributed by atoms with van der Waals surface area (Å²) in [5.74, 6) is 0.688. The lowest BCUT2D eigenvalue weighted by molar-refractivity contribution is 0.473. The summed E-state index contributed by atoms with van der Waals surface area (Å²) in [6.45, 7) is 0. The van der Waals surface area contributed by atoms with Crippen LogP contribution in [0.1, 0.15) is 24.0 Å². The molecule has 3 N–H and O–H groups in total. The Morgan fingerprint density at radius 2 is 2.00 bits per heavy atom. The van der Waals surface area contributed by atoms with Gasteiger partial charge in [0.05, 0.1) is 10.2 Å². The molecule has 5 aromatic rings. The van der Waals surface area contributed by atoms with Crippen molar-refractivity contribution in [3.8, 4) is 0 Å². The number of rotatable bonds is 1. The van der Waals surface area contributed by atoms with Crippen molar-refractivity contribution >= 4 is 88.9 Å². The highest BCUT2D eigenvalue weighted by molar-refractivity contribution is 7.80. The summed E-state index contributed by atoms with van der Waals surface area (Å²) in [4.78, 5) is 18.7. The predicted octanol–water partition coefficient (Wildman–Crippen LogP) is 4.22. The van der Waals surface area contributed by atoms with Gasteiger partial charge in [0, 0.05) is 41.6 Å². The minimum absolute atomic E-state index is 0.384. The fourth-order valence-electron chi connectivity index (χ4n) is 4.94. The number of nitrogens with zero attached hydrogens (tertiary/aromatic N) is 6. The van der Waals surface area contributed by atoms with Crippen LogP contribution in [0.3, 0.4) is 0 Å². The van der Waals surface area contributed by atoms with E-state index in [9.17, 15) is 0 Å². The molecule has 0 saturated heterocycles. The molecule has 34 heavy (non-hydrogen) atoms. The molecule has 1 aliphatic carbocycles. The summed E-state index contributed by atoms with van der Waals surface area (Å²) in [5, 5.41) is 16.9. The van der Waals surface area contributed by atoms with Gasteiger partial charge in [0.1, 0.15) is 28.2 Å². The van der Waals surface area contributed by atoms with E-state index in [1.54, 1.807) is 23.9 Å². The average Bonchev–Trinajstić information content (AvgIpc) is 3.22. The normalized spacial score (nSPS) is 21.1. The van der Waals surface area contributed by atoms with Crippen LogP contribution in [0.15, 0.2) is 52.9 Å². The van der Waals surface area contributed by atoms with Crippen LogP contribution in [0, 0.1) is 0 Å². The number of thiophene rings is 1. The third-order valence-electron chi connectivity index (χ3n) is 6.28. The second-order valence-electron chi connectivity index (χ2n) is 8.31. The van der Waals surface area contributed by atoms with Crippen molar-refractivity contribution in [3.63, 3.8) is 0 Å². The Hall–Kier alpha value is -3.73. The van der Waals surface area contributed by atoms with Gasteiger partial charge in [0.25, 0.3) is 0 Å². The minimum Gasteiger partial charge on any atom is -0.319 e. The number of fused-ring (bicyclic) bond motifs is 10. The lowest BCUT2D eigenvalue weighted by Gasteiger charge is -2.32. The number of amidine groups is 1. The molecule has 2 aromatic carbocycles. The van der Waals surface area contributed by atoms with Crippen molar-refractivity contribution in [3.05, 3.63) is 54.0 Å². The molecule has 0 fully saturated rings. The van der Waals surface area contributed by atoms with Gasteiger partial charge in [-0.25, -0.2) is 20.0 Å². The monoisotopic (exact) mass is 480 g/mol. The van der Waals surface area contributed by atoms with Crippen LogP contribution in [-0.2, 0) is 5.66 Å². The second-order valence-corrected chi connectivity index (χ2v) is 9.73. The number of nitrogens with one attached hydrogen (secondary N) is 1. The van der Waals surface area contributed by atoms with Gasteiger partial charge in [0.15, 0.2) is 5.11 Å². The summed E-state index contributed by atoms with van der Waals surface area (Å²) >= 11 is 6.76. The van der Waals surface area contributed by atoms with E-state index in [4.69, 9.17) is 28.0 Å². The van der Waals surface area contributed by atoms with Crippen molar-refractivity contribution in [2.45, 2.75) is 18.5 Å². The average molecular weight is 481 g/mol. The van der Waals surface area contributed by atoms with E-state index < -0.39 is 5.66 Å². The van der Waals surface area contributed by atoms with Crippen molar-refractivity contribution < 1.29 is 0 Å². The number of hydrogen-bond donors (Lipinski definition) is 2. The SMILES string of the molecule is NC1(/N=C2/CC=NC(=S)N2)CC=Cc2c1c1nnc3sc4cncnc4c3c1c1ccccc21. The van der Waals surface area contributed by atoms with Crippen LogP contribution in [-0.4, -0.2) is 37.3 Å². The molecular formula is C24H16N8S2. The van der Waals surface area contributed by atoms with Crippen LogP contribution < -0.4 is 11.1 Å². The Bertz CT molecular complexity index is 1780. The van der Waals surface area contributed by atoms with E-state index in [0.717, 1.165) is 53.2 Å². The smallest absolute Gasteiger partial charge is 0.197 e. The van der Waals surface area contributed by atoms with Gasteiger partial charge in [-0.05, 0) is 28.6 Å². The van der Waals surface area contributed by atoms with Crippen molar-refractivity contribution in [1.82, 2.24) is 25.5 Å². The first kappa shape index (κ1) is 19.7. The van der Waals surface area contributed by atoms with Gasteiger partial charge in [-0.3, -0.25) is 0 Å². The number of aromatic nitrogens is 4. The number of hydrogen-bond acceptors (Lipinski definition) is 8. The van der Waals surface area contributed by atoms with E-state index in [1.165, 1.54) is 0 Å². The molecule has 10 heteroatoms. The highest BCUT2D eigenvalue weighted by atomic mass is 32.1. The summed E-state index contributed by atoms with van der Waals surface area (Å²) in [6, 6.07) is 8.32. The fourth-order valence-corrected chi connectivity index (χ4v) is 6.09. The van der Waals surface area contributed by atoms with Gasteiger partial charge in [-0.15, -0.1) is 21.5 Å². The minimum atomic E-state index is -1.04. The zero-order chi connectivity index (χ0) is 22.9. The van der Waals surface area contributed by atoms with E-state index in [1.807, 2.05) is 18.3 Å². The number of nitrogens with two attached hydrogens (primary N) is 1. The molecule has 1 unspecified atom stereocenters. The highest BCUT2D eigenvalue weighted by Crippen LogP contribution is 2.45. The molecule has 164 valence electrons. The summed E-state index contributed by atoms with van der Waals surface area (Å²) in [5.41, 5.74) is 9.51. The zero-order valence-corrected chi connectivity index (χ0v) is 19.3. The quantitative estimate of drug-likeness (QED) is 0.273. The van der Waals surface area contributed by atoms with E-state index in [2.05, 4.69) is 49.7 Å². The summed E-state index contributed by atoms with van der Waals surface area (Å²) in [7, 11) is 0. The Labute approximate surface area is 202 Å². The lowest BCUT2D eigenvalue weighted by Crippen LogP contribution is -2.41. The topological polar surface area (TPSA) is 114 Å². The Balaban J connectivity index is 1.65. The molecule has 7 rings (SSSR count). The molecule has 0 spiro atoms. The molecule has 0 amide bonds. The van der Waals surface area contributed by atoms with E-state index in [-0.39, 0.29) is 0 Å². The maximum atomic E-state index is 7.08. The molecule has 8 nitrogen and oxygen atoms in total. The van der Waals surface area contributed by atoms with Gasteiger partial charge in [-0.2, -0.15) is 0 Å². The standard InChI is InChI=1S/C24H16N8S2/c25-24(30-16-7-9-27-23(33)29-16)8-3-6-14-12-4-1-2-5-13(12)17-18-20-15(10-26-11-28-20)34-22(18)32-31-21(17)19(14)24/h1-6,9-11H,7-8,25H2,(H,29,30,33). The molecule has 1 atom stereocenters. The first-order valence-corrected chi connectivity index (χ1v) is 12.0. The molecular weight excluding hydrogens is 464 g/mol. The summed E-state index contributed by atoms with van der Waals surface area (Å²) in [6.07, 6.45) is 10.4. The van der Waals surface area contributed by atoms with Crippen molar-refractivity contribution in [1.29, 1.82) is 0 Å². The third-order valence-corrected chi connectivity index (χ3v) is 7.49. The third kappa shape index (κ3) is 2.76. The Morgan fingerprint density at radius 1 is 1.12 bits per heavy atom. The Morgan fingerprint density at radius 3 is 2.88 bits per heavy atom. The molecule has 3 aromatic heterocycles. The molecule has 0 bridgehead atoms. The van der Waals surface area contributed by atoms with Crippen LogP contribution in [0.25, 0.3) is 48.2 Å². The second kappa shape index (κ2) is 7.13. The first-order chi connectivity index (χ1) is 16.6. The van der Waals surface area contributed by atoms with Crippen LogP contribution in [0.2, 0.25) is 0 Å². The number of aliphatic imine (C=N–C) groups is 2. The molecule has 4 heterocycles. The predicted molar refractivity (Wildman–Crippen MR) is 141 cm³/mol. The van der Waals surface area contributed by atoms with E-state index >= 15 is 0 Å². The maximum Gasteiger partial charge on any atom is 0.197 e. The first-order valence-electron chi connectivity index (χ1n) is 10.7. The van der Waals surface area contributed by atoms with E-state index in [0.29, 0.717) is 23.8 Å². The lowest BCUT2D eigenvalue weighted by atomic mass is 9.82. The van der Waals surface area contributed by atoms with Gasteiger partial charge >= 0.3 is 0 Å². The van der Waals surface area contributed by atoms with Crippen LogP contribution in [0.4, 0.5) is 0 Å². The van der Waals surface area contributed by atoms with Gasteiger partial charge in [-0.1, -0.05) is 36.4 Å². The largest absolute Gasteiger partial charge is 0.319 e. The van der Waals surface area contributed by atoms with Gasteiger partial charge < -0.3 is 11.1 Å². The van der Waals surface area contributed by atoms with Crippen LogP contribution in [0.5, 0.6) is 0 Å². The molecule has 0 radical (unpaired) electrons. The van der Waals surface area contributed by atoms with Crippen molar-refractivity contribution in [2.24, 2.45) is 15.7 Å². The highest BCUT2D eigenvalue weighted by Gasteiger charge is 2.36. The van der Waals surface area contributed by atoms with Crippen molar-refractivity contribution in [2.75, 3.05) is 0 Å². The van der Waals surface area contributed by atoms with Crippen LogP contribution >= 0.6 is 23.6 Å². The molecule has 2 aliphatic rings. The number of benzene rings is 2.